The van der Waals surface area contributed by atoms with Gasteiger partial charge in [0, 0.05) is 10.9 Å². The van der Waals surface area contributed by atoms with Crippen molar-refractivity contribution < 1.29 is 14.3 Å². The molecule has 0 atom stereocenters. The predicted octanol–water partition coefficient (Wildman–Crippen LogP) is 3.06. The molecule has 0 bridgehead atoms. The Morgan fingerprint density at radius 2 is 2.12 bits per heavy atom. The van der Waals surface area contributed by atoms with Crippen LogP contribution in [0.4, 0.5) is 0 Å². The normalized spacial score (nSPS) is 9.88. The molecule has 1 aromatic rings. The lowest BCUT2D eigenvalue weighted by Gasteiger charge is -2.10. The number of alkyl halides is 1. The van der Waals surface area contributed by atoms with Crippen molar-refractivity contribution in [3.63, 3.8) is 0 Å². The zero-order valence-electron chi connectivity index (χ0n) is 9.24. The average Bonchev–Trinajstić information content (AvgIpc) is 2.34. The Morgan fingerprint density at radius 1 is 1.31 bits per heavy atom. The van der Waals surface area contributed by atoms with Crippen LogP contribution in [-0.4, -0.2) is 25.3 Å². The summed E-state index contributed by atoms with van der Waals surface area (Å²) in [5.41, 5.74) is 0.588. The zero-order valence-corrected chi connectivity index (χ0v) is 10.8. The molecule has 0 saturated carbocycles. The zero-order chi connectivity index (χ0) is 11.8. The Kier molecular flexibility index (Phi) is 5.93. The van der Waals surface area contributed by atoms with E-state index >= 15 is 0 Å². The molecular formula is C12H15BrO3. The topological polar surface area (TPSA) is 35.5 Å². The minimum absolute atomic E-state index is 0.588. The molecule has 0 N–H and O–H groups in total. The van der Waals surface area contributed by atoms with Crippen molar-refractivity contribution in [2.24, 2.45) is 0 Å². The number of aldehydes is 1. The summed E-state index contributed by atoms with van der Waals surface area (Å²) in [5, 5.41) is 0.984. The second kappa shape index (κ2) is 7.28. The van der Waals surface area contributed by atoms with Gasteiger partial charge in [-0.2, -0.15) is 0 Å². The molecule has 0 unspecified atom stereocenters. The lowest BCUT2D eigenvalue weighted by Crippen LogP contribution is -2.00. The third-order valence-electron chi connectivity index (χ3n) is 2.11. The summed E-state index contributed by atoms with van der Waals surface area (Å²) >= 11 is 3.36. The number of hydrogen-bond donors (Lipinski definition) is 0. The average molecular weight is 287 g/mol. The maximum atomic E-state index is 10.6. The van der Waals surface area contributed by atoms with Crippen molar-refractivity contribution in [3.05, 3.63) is 23.8 Å². The number of methoxy groups -OCH3 is 1. The van der Waals surface area contributed by atoms with Gasteiger partial charge in [-0.25, -0.2) is 0 Å². The highest BCUT2D eigenvalue weighted by molar-refractivity contribution is 9.09. The summed E-state index contributed by atoms with van der Waals surface area (Å²) in [6.45, 7) is 0.655. The molecule has 0 fully saturated rings. The van der Waals surface area contributed by atoms with Crippen LogP contribution in [0.3, 0.4) is 0 Å². The predicted molar refractivity (Wildman–Crippen MR) is 66.9 cm³/mol. The van der Waals surface area contributed by atoms with E-state index in [2.05, 4.69) is 15.9 Å². The van der Waals surface area contributed by atoms with Gasteiger partial charge in [0.05, 0.1) is 13.7 Å². The molecular weight excluding hydrogens is 272 g/mol. The molecule has 1 rings (SSSR count). The van der Waals surface area contributed by atoms with Crippen molar-refractivity contribution in [1.29, 1.82) is 0 Å². The van der Waals surface area contributed by atoms with Gasteiger partial charge in [-0.15, -0.1) is 0 Å². The molecule has 0 heterocycles. The Labute approximate surface area is 104 Å². The van der Waals surface area contributed by atoms with Gasteiger partial charge in [0.1, 0.15) is 6.29 Å². The molecule has 0 aliphatic carbocycles. The molecule has 0 aliphatic rings. The number of hydrogen-bond acceptors (Lipinski definition) is 3. The molecule has 16 heavy (non-hydrogen) atoms. The van der Waals surface area contributed by atoms with Crippen LogP contribution < -0.4 is 9.47 Å². The lowest BCUT2D eigenvalue weighted by atomic mass is 10.2. The standard InChI is InChI=1S/C12H15BrO3/c1-15-12-8-10(9-14)4-5-11(12)16-7-3-2-6-13/h4-5,8-9H,2-3,6-7H2,1H3. The second-order valence-electron chi connectivity index (χ2n) is 3.27. The van der Waals surface area contributed by atoms with Crippen LogP contribution >= 0.6 is 15.9 Å². The van der Waals surface area contributed by atoms with E-state index in [1.165, 1.54) is 0 Å². The summed E-state index contributed by atoms with van der Waals surface area (Å²) in [6, 6.07) is 5.15. The minimum Gasteiger partial charge on any atom is -0.493 e. The van der Waals surface area contributed by atoms with Gasteiger partial charge in [-0.05, 0) is 31.0 Å². The van der Waals surface area contributed by atoms with Crippen LogP contribution in [0.1, 0.15) is 23.2 Å². The first-order valence-electron chi connectivity index (χ1n) is 5.13. The van der Waals surface area contributed by atoms with Crippen LogP contribution in [0.15, 0.2) is 18.2 Å². The minimum atomic E-state index is 0.588. The summed E-state index contributed by atoms with van der Waals surface area (Å²) in [7, 11) is 1.56. The first-order chi connectivity index (χ1) is 7.81. The van der Waals surface area contributed by atoms with Crippen molar-refractivity contribution in [3.8, 4) is 11.5 Å². The Balaban J connectivity index is 2.61. The molecule has 88 valence electrons. The summed E-state index contributed by atoms with van der Waals surface area (Å²) in [6.07, 6.45) is 2.86. The highest BCUT2D eigenvalue weighted by atomic mass is 79.9. The SMILES string of the molecule is COc1cc(C=O)ccc1OCCCCBr. The van der Waals surface area contributed by atoms with Crippen LogP contribution in [0.25, 0.3) is 0 Å². The van der Waals surface area contributed by atoms with Gasteiger partial charge < -0.3 is 9.47 Å². The van der Waals surface area contributed by atoms with Crippen molar-refractivity contribution >= 4 is 22.2 Å². The van der Waals surface area contributed by atoms with Gasteiger partial charge in [0.2, 0.25) is 0 Å². The second-order valence-corrected chi connectivity index (χ2v) is 4.07. The summed E-state index contributed by atoms with van der Waals surface area (Å²) in [5.74, 6) is 1.28. The Hall–Kier alpha value is -1.03. The van der Waals surface area contributed by atoms with Crippen LogP contribution in [-0.2, 0) is 0 Å². The van der Waals surface area contributed by atoms with E-state index < -0.39 is 0 Å². The summed E-state index contributed by atoms with van der Waals surface area (Å²) < 4.78 is 10.7. The first-order valence-corrected chi connectivity index (χ1v) is 6.26. The highest BCUT2D eigenvalue weighted by Crippen LogP contribution is 2.27. The Morgan fingerprint density at radius 3 is 2.75 bits per heavy atom. The number of carbonyl (C=O) groups excluding carboxylic acids is 1. The van der Waals surface area contributed by atoms with E-state index in [-0.39, 0.29) is 0 Å². The van der Waals surface area contributed by atoms with Gasteiger partial charge in [0.25, 0.3) is 0 Å². The molecule has 0 amide bonds. The fourth-order valence-corrected chi connectivity index (χ4v) is 1.65. The smallest absolute Gasteiger partial charge is 0.161 e. The molecule has 3 nitrogen and oxygen atoms in total. The van der Waals surface area contributed by atoms with E-state index in [0.717, 1.165) is 24.5 Å². The number of benzene rings is 1. The maximum absolute atomic E-state index is 10.6. The van der Waals surface area contributed by atoms with Gasteiger partial charge in [0.15, 0.2) is 11.5 Å². The fraction of sp³-hybridized carbons (Fsp3) is 0.417. The molecule has 1 aromatic carbocycles. The van der Waals surface area contributed by atoms with Gasteiger partial charge >= 0.3 is 0 Å². The number of ether oxygens (including phenoxy) is 2. The molecule has 0 radical (unpaired) electrons. The molecule has 4 heteroatoms. The third kappa shape index (κ3) is 3.85. The Bertz CT molecular complexity index is 339. The first kappa shape index (κ1) is 13.0. The third-order valence-corrected chi connectivity index (χ3v) is 2.67. The number of rotatable bonds is 7. The molecule has 0 aliphatic heterocycles. The number of halogens is 1. The van der Waals surface area contributed by atoms with Crippen molar-refractivity contribution in [1.82, 2.24) is 0 Å². The van der Waals surface area contributed by atoms with Gasteiger partial charge in [-0.3, -0.25) is 4.79 Å². The monoisotopic (exact) mass is 286 g/mol. The van der Waals surface area contributed by atoms with Crippen molar-refractivity contribution in [2.75, 3.05) is 19.0 Å². The maximum Gasteiger partial charge on any atom is 0.161 e. The van der Waals surface area contributed by atoms with E-state index in [4.69, 9.17) is 9.47 Å². The van der Waals surface area contributed by atoms with E-state index in [1.54, 1.807) is 25.3 Å². The largest absolute Gasteiger partial charge is 0.493 e. The lowest BCUT2D eigenvalue weighted by molar-refractivity contribution is 0.112. The van der Waals surface area contributed by atoms with E-state index in [9.17, 15) is 4.79 Å². The molecule has 0 aromatic heterocycles. The summed E-state index contributed by atoms with van der Waals surface area (Å²) in [4.78, 5) is 10.6. The highest BCUT2D eigenvalue weighted by Gasteiger charge is 2.04. The quantitative estimate of drug-likeness (QED) is 0.439. The van der Waals surface area contributed by atoms with E-state index in [0.29, 0.717) is 23.7 Å². The fourth-order valence-electron chi connectivity index (χ4n) is 1.26. The van der Waals surface area contributed by atoms with Crippen LogP contribution in [0, 0.1) is 0 Å². The van der Waals surface area contributed by atoms with Crippen molar-refractivity contribution in [2.45, 2.75) is 12.8 Å². The number of carbonyl (C=O) groups is 1. The van der Waals surface area contributed by atoms with E-state index in [1.807, 2.05) is 0 Å². The van der Waals surface area contributed by atoms with Crippen LogP contribution in [0.5, 0.6) is 11.5 Å². The molecule has 0 spiro atoms. The molecule has 0 saturated heterocycles. The number of unbranched alkanes of at least 4 members (excludes halogenated alkanes) is 1. The van der Waals surface area contributed by atoms with Gasteiger partial charge in [-0.1, -0.05) is 15.9 Å². The van der Waals surface area contributed by atoms with Crippen LogP contribution in [0.2, 0.25) is 0 Å².